The lowest BCUT2D eigenvalue weighted by Gasteiger charge is -2.02. The first-order valence-corrected chi connectivity index (χ1v) is 11.1. The standard InChI is InChI=1S/C21H15BrFN3OS2/c1-27-17-8-6-16(7-9-17)25-21-26(24-12-14-2-4-15(23)5-3-14)18(13-28-21)19-10-11-20(22)29-19/h2-13H,1H3. The topological polar surface area (TPSA) is 38.9 Å². The second-order valence-electron chi connectivity index (χ2n) is 5.93. The molecule has 0 saturated carbocycles. The number of thiophene rings is 1. The van der Waals surface area contributed by atoms with Crippen molar-refractivity contribution in [1.29, 1.82) is 0 Å². The molecule has 0 aliphatic rings. The molecular weight excluding hydrogens is 473 g/mol. The van der Waals surface area contributed by atoms with Crippen LogP contribution in [-0.2, 0) is 0 Å². The van der Waals surface area contributed by atoms with Gasteiger partial charge in [0.2, 0.25) is 4.80 Å². The molecule has 4 rings (SSSR count). The maximum absolute atomic E-state index is 13.2. The summed E-state index contributed by atoms with van der Waals surface area (Å²) in [7, 11) is 1.63. The molecule has 0 aliphatic heterocycles. The Morgan fingerprint density at radius 3 is 2.45 bits per heavy atom. The minimum absolute atomic E-state index is 0.273. The van der Waals surface area contributed by atoms with Gasteiger partial charge in [0.1, 0.15) is 11.6 Å². The monoisotopic (exact) mass is 487 g/mol. The summed E-state index contributed by atoms with van der Waals surface area (Å²) >= 11 is 6.64. The zero-order valence-electron chi connectivity index (χ0n) is 15.3. The summed E-state index contributed by atoms with van der Waals surface area (Å²) in [5, 5.41) is 6.66. The zero-order valence-corrected chi connectivity index (χ0v) is 18.5. The fourth-order valence-corrected chi connectivity index (χ4v) is 4.86. The number of thiazole rings is 1. The van der Waals surface area contributed by atoms with Crippen molar-refractivity contribution in [1.82, 2.24) is 4.68 Å². The van der Waals surface area contributed by atoms with Crippen molar-refractivity contribution in [2.24, 2.45) is 10.1 Å². The van der Waals surface area contributed by atoms with Crippen LogP contribution in [0.15, 0.2) is 79.9 Å². The van der Waals surface area contributed by atoms with Crippen molar-refractivity contribution in [2.45, 2.75) is 0 Å². The summed E-state index contributed by atoms with van der Waals surface area (Å²) in [4.78, 5) is 6.54. The number of nitrogens with zero attached hydrogens (tertiary/aromatic N) is 3. The van der Waals surface area contributed by atoms with Crippen LogP contribution in [0, 0.1) is 5.82 Å². The van der Waals surface area contributed by atoms with E-state index in [9.17, 15) is 4.39 Å². The highest BCUT2D eigenvalue weighted by Gasteiger charge is 2.10. The van der Waals surface area contributed by atoms with Gasteiger partial charge in [0.25, 0.3) is 0 Å². The SMILES string of the molecule is COc1ccc(N=c2scc(-c3ccc(Br)s3)n2N=Cc2ccc(F)cc2)cc1. The second-order valence-corrected chi connectivity index (χ2v) is 9.22. The molecule has 2 aromatic carbocycles. The molecule has 8 heteroatoms. The van der Waals surface area contributed by atoms with Crippen LogP contribution in [0.5, 0.6) is 5.75 Å². The number of benzene rings is 2. The molecule has 4 aromatic rings. The fraction of sp³-hybridized carbons (Fsp3) is 0.0476. The van der Waals surface area contributed by atoms with Gasteiger partial charge in [-0.3, -0.25) is 0 Å². The first kappa shape index (κ1) is 19.8. The van der Waals surface area contributed by atoms with Crippen LogP contribution in [0.1, 0.15) is 5.56 Å². The Hall–Kier alpha value is -2.55. The highest BCUT2D eigenvalue weighted by molar-refractivity contribution is 9.11. The van der Waals surface area contributed by atoms with Gasteiger partial charge in [-0.1, -0.05) is 12.1 Å². The number of ether oxygens (including phenoxy) is 1. The van der Waals surface area contributed by atoms with Gasteiger partial charge in [-0.05, 0) is 70.0 Å². The van der Waals surface area contributed by atoms with E-state index < -0.39 is 0 Å². The quantitative estimate of drug-likeness (QED) is 0.304. The van der Waals surface area contributed by atoms with Gasteiger partial charge in [-0.25, -0.2) is 14.1 Å². The van der Waals surface area contributed by atoms with E-state index in [1.54, 1.807) is 41.5 Å². The van der Waals surface area contributed by atoms with Gasteiger partial charge in [0.05, 0.1) is 33.4 Å². The molecule has 0 fully saturated rings. The Morgan fingerprint density at radius 2 is 1.79 bits per heavy atom. The molecule has 0 amide bonds. The van der Waals surface area contributed by atoms with Crippen LogP contribution in [0.3, 0.4) is 0 Å². The van der Waals surface area contributed by atoms with Crippen molar-refractivity contribution in [3.05, 3.63) is 86.0 Å². The smallest absolute Gasteiger partial charge is 0.211 e. The first-order chi connectivity index (χ1) is 14.1. The molecule has 4 nitrogen and oxygen atoms in total. The van der Waals surface area contributed by atoms with Crippen LogP contribution in [0.4, 0.5) is 10.1 Å². The van der Waals surface area contributed by atoms with E-state index in [0.717, 1.165) is 36.2 Å². The maximum atomic E-state index is 13.2. The molecule has 0 spiro atoms. The average Bonchev–Trinajstić information content (AvgIpc) is 3.34. The third-order valence-electron chi connectivity index (χ3n) is 4.00. The van der Waals surface area contributed by atoms with E-state index in [1.165, 1.54) is 23.5 Å². The molecule has 146 valence electrons. The van der Waals surface area contributed by atoms with Crippen LogP contribution >= 0.6 is 38.6 Å². The molecular formula is C21H15BrFN3OS2. The van der Waals surface area contributed by atoms with Crippen LogP contribution in [0.25, 0.3) is 10.6 Å². The average molecular weight is 488 g/mol. The summed E-state index contributed by atoms with van der Waals surface area (Å²) in [5.41, 5.74) is 2.55. The van der Waals surface area contributed by atoms with Gasteiger partial charge in [0, 0.05) is 5.38 Å². The van der Waals surface area contributed by atoms with E-state index in [4.69, 9.17) is 9.73 Å². The Balaban J connectivity index is 1.79. The van der Waals surface area contributed by atoms with E-state index in [1.807, 2.05) is 41.8 Å². The summed E-state index contributed by atoms with van der Waals surface area (Å²) < 4.78 is 21.2. The van der Waals surface area contributed by atoms with E-state index in [2.05, 4.69) is 21.0 Å². The van der Waals surface area contributed by atoms with Crippen molar-refractivity contribution >= 4 is 50.5 Å². The van der Waals surface area contributed by atoms with E-state index in [-0.39, 0.29) is 5.82 Å². The van der Waals surface area contributed by atoms with Crippen molar-refractivity contribution in [3.63, 3.8) is 0 Å². The van der Waals surface area contributed by atoms with Gasteiger partial charge >= 0.3 is 0 Å². The predicted octanol–water partition coefficient (Wildman–Crippen LogP) is 6.30. The molecule has 0 saturated heterocycles. The summed E-state index contributed by atoms with van der Waals surface area (Å²) in [6, 6.07) is 17.8. The number of hydrogen-bond donors (Lipinski definition) is 0. The Labute approximate surface area is 183 Å². The lowest BCUT2D eigenvalue weighted by Crippen LogP contribution is -2.11. The van der Waals surface area contributed by atoms with Crippen LogP contribution < -0.4 is 9.54 Å². The molecule has 0 radical (unpaired) electrons. The van der Waals surface area contributed by atoms with Gasteiger partial charge < -0.3 is 4.74 Å². The Morgan fingerprint density at radius 1 is 1.03 bits per heavy atom. The maximum Gasteiger partial charge on any atom is 0.211 e. The Bertz CT molecular complexity index is 1210. The number of hydrogen-bond acceptors (Lipinski definition) is 5. The second kappa shape index (κ2) is 8.86. The molecule has 0 unspecified atom stereocenters. The first-order valence-electron chi connectivity index (χ1n) is 8.57. The van der Waals surface area contributed by atoms with E-state index >= 15 is 0 Å². The Kier molecular flexibility index (Phi) is 6.03. The molecule has 0 N–H and O–H groups in total. The molecule has 0 bridgehead atoms. The molecule has 2 aromatic heterocycles. The number of aromatic nitrogens is 1. The van der Waals surface area contributed by atoms with E-state index in [0.29, 0.717) is 0 Å². The zero-order chi connectivity index (χ0) is 20.2. The predicted molar refractivity (Wildman–Crippen MR) is 121 cm³/mol. The minimum atomic E-state index is -0.273. The van der Waals surface area contributed by atoms with Crippen LogP contribution in [0.2, 0.25) is 0 Å². The third-order valence-corrected chi connectivity index (χ3v) is 6.46. The normalized spacial score (nSPS) is 12.0. The molecule has 2 heterocycles. The molecule has 0 aliphatic carbocycles. The number of halogens is 2. The number of rotatable bonds is 5. The number of methoxy groups -OCH3 is 1. The van der Waals surface area contributed by atoms with Crippen molar-refractivity contribution < 1.29 is 9.13 Å². The third kappa shape index (κ3) is 4.72. The lowest BCUT2D eigenvalue weighted by molar-refractivity contribution is 0.415. The van der Waals surface area contributed by atoms with Gasteiger partial charge in [-0.2, -0.15) is 5.10 Å². The van der Waals surface area contributed by atoms with Crippen molar-refractivity contribution in [2.75, 3.05) is 7.11 Å². The lowest BCUT2D eigenvalue weighted by atomic mass is 10.2. The largest absolute Gasteiger partial charge is 0.497 e. The van der Waals surface area contributed by atoms with Gasteiger partial charge in [0.15, 0.2) is 0 Å². The van der Waals surface area contributed by atoms with Gasteiger partial charge in [-0.15, -0.1) is 22.7 Å². The summed E-state index contributed by atoms with van der Waals surface area (Å²) in [6.07, 6.45) is 1.70. The summed E-state index contributed by atoms with van der Waals surface area (Å²) in [6.45, 7) is 0. The highest BCUT2D eigenvalue weighted by atomic mass is 79.9. The molecule has 0 atom stereocenters. The highest BCUT2D eigenvalue weighted by Crippen LogP contribution is 2.31. The minimum Gasteiger partial charge on any atom is -0.497 e. The van der Waals surface area contributed by atoms with Crippen LogP contribution in [-0.4, -0.2) is 18.0 Å². The molecule has 29 heavy (non-hydrogen) atoms. The fourth-order valence-electron chi connectivity index (χ4n) is 2.55. The summed E-state index contributed by atoms with van der Waals surface area (Å²) in [5.74, 6) is 0.506. The van der Waals surface area contributed by atoms with Crippen molar-refractivity contribution in [3.8, 4) is 16.3 Å².